The third kappa shape index (κ3) is 2.70. The van der Waals surface area contributed by atoms with Gasteiger partial charge in [0.05, 0.1) is 6.04 Å². The number of benzene rings is 2. The molecule has 1 unspecified atom stereocenters. The lowest BCUT2D eigenvalue weighted by Gasteiger charge is -2.12. The maximum atomic E-state index is 6.33. The van der Waals surface area contributed by atoms with Crippen LogP contribution in [0.4, 0.5) is 0 Å². The number of hydrogen-bond donors (Lipinski definition) is 1. The number of thiophene rings is 1. The lowest BCUT2D eigenvalue weighted by atomic mass is 10.0. The van der Waals surface area contributed by atoms with Crippen LogP contribution in [-0.4, -0.2) is 0 Å². The molecule has 0 saturated heterocycles. The Labute approximate surface area is 131 Å². The Morgan fingerprint density at radius 1 is 0.850 bits per heavy atom. The summed E-state index contributed by atoms with van der Waals surface area (Å²) in [6.45, 7) is 0. The van der Waals surface area contributed by atoms with E-state index in [0.717, 1.165) is 14.9 Å². The largest absolute Gasteiger partial charge is 0.320 e. The minimum Gasteiger partial charge on any atom is -0.320 e. The summed E-state index contributed by atoms with van der Waals surface area (Å²) in [5.41, 5.74) is 9.90. The molecule has 0 spiro atoms. The summed E-state index contributed by atoms with van der Waals surface area (Å²) in [6, 6.07) is 20.8. The predicted octanol–water partition coefficient (Wildman–Crippen LogP) is 5.23. The van der Waals surface area contributed by atoms with Crippen molar-refractivity contribution in [2.45, 2.75) is 6.04 Å². The maximum Gasteiger partial charge on any atom is 0.0657 e. The molecular formula is C17H14BrNS. The first-order valence-corrected chi connectivity index (χ1v) is 8.07. The second-order valence-electron chi connectivity index (χ2n) is 4.60. The zero-order valence-electron chi connectivity index (χ0n) is 10.8. The molecule has 0 aliphatic rings. The Bertz CT molecular complexity index is 689. The van der Waals surface area contributed by atoms with Crippen LogP contribution in [0.5, 0.6) is 0 Å². The lowest BCUT2D eigenvalue weighted by molar-refractivity contribution is 0.889. The fourth-order valence-electron chi connectivity index (χ4n) is 2.19. The summed E-state index contributed by atoms with van der Waals surface area (Å²) in [7, 11) is 0. The van der Waals surface area contributed by atoms with Gasteiger partial charge in [-0.1, -0.05) is 54.6 Å². The van der Waals surface area contributed by atoms with Crippen molar-refractivity contribution in [3.63, 3.8) is 0 Å². The molecule has 0 saturated carbocycles. The molecule has 100 valence electrons. The highest BCUT2D eigenvalue weighted by Gasteiger charge is 2.13. The molecule has 0 aliphatic carbocycles. The van der Waals surface area contributed by atoms with Gasteiger partial charge in [0.25, 0.3) is 0 Å². The minimum absolute atomic E-state index is 0.0748. The third-order valence-corrected chi connectivity index (χ3v) is 5.26. The molecule has 3 heteroatoms. The Hall–Kier alpha value is -1.42. The van der Waals surface area contributed by atoms with Gasteiger partial charge in [0, 0.05) is 9.35 Å². The smallest absolute Gasteiger partial charge is 0.0657 e. The molecule has 1 heterocycles. The lowest BCUT2D eigenvalue weighted by Crippen LogP contribution is -2.10. The Morgan fingerprint density at radius 2 is 1.50 bits per heavy atom. The molecule has 0 fully saturated rings. The molecule has 3 aromatic rings. The van der Waals surface area contributed by atoms with Gasteiger partial charge < -0.3 is 5.73 Å². The molecule has 1 aromatic heterocycles. The van der Waals surface area contributed by atoms with Crippen LogP contribution in [0, 0.1) is 0 Å². The summed E-state index contributed by atoms with van der Waals surface area (Å²) >= 11 is 5.23. The van der Waals surface area contributed by atoms with Crippen LogP contribution in [0.25, 0.3) is 11.1 Å². The van der Waals surface area contributed by atoms with E-state index in [1.165, 1.54) is 11.1 Å². The molecule has 0 radical (unpaired) electrons. The highest BCUT2D eigenvalue weighted by molar-refractivity contribution is 9.10. The quantitative estimate of drug-likeness (QED) is 0.692. The van der Waals surface area contributed by atoms with E-state index in [-0.39, 0.29) is 6.04 Å². The van der Waals surface area contributed by atoms with Crippen molar-refractivity contribution in [1.82, 2.24) is 0 Å². The molecular weight excluding hydrogens is 330 g/mol. The van der Waals surface area contributed by atoms with Gasteiger partial charge in [0.15, 0.2) is 0 Å². The van der Waals surface area contributed by atoms with Gasteiger partial charge >= 0.3 is 0 Å². The molecule has 3 rings (SSSR count). The van der Waals surface area contributed by atoms with Crippen molar-refractivity contribution in [3.05, 3.63) is 81.0 Å². The van der Waals surface area contributed by atoms with Crippen LogP contribution >= 0.6 is 27.3 Å². The van der Waals surface area contributed by atoms with E-state index in [0.29, 0.717) is 0 Å². The summed E-state index contributed by atoms with van der Waals surface area (Å²) in [4.78, 5) is 1.16. The average molecular weight is 344 g/mol. The van der Waals surface area contributed by atoms with E-state index < -0.39 is 0 Å². The van der Waals surface area contributed by atoms with Gasteiger partial charge in [-0.15, -0.1) is 11.3 Å². The van der Waals surface area contributed by atoms with Gasteiger partial charge in [-0.25, -0.2) is 0 Å². The maximum absolute atomic E-state index is 6.33. The van der Waals surface area contributed by atoms with Crippen LogP contribution in [-0.2, 0) is 0 Å². The Morgan fingerprint density at radius 3 is 2.10 bits per heavy atom. The molecule has 1 atom stereocenters. The first kappa shape index (κ1) is 13.6. The van der Waals surface area contributed by atoms with E-state index in [4.69, 9.17) is 5.73 Å². The van der Waals surface area contributed by atoms with E-state index in [2.05, 4.69) is 69.8 Å². The van der Waals surface area contributed by atoms with E-state index in [1.807, 2.05) is 12.1 Å². The summed E-state index contributed by atoms with van der Waals surface area (Å²) in [5, 5.41) is 2.05. The molecule has 2 N–H and O–H groups in total. The standard InChI is InChI=1S/C17H14BrNS/c18-15-10-11-20-17(15)16(19)14-8-6-13(7-9-14)12-4-2-1-3-5-12/h1-11,16H,19H2. The molecule has 20 heavy (non-hydrogen) atoms. The van der Waals surface area contributed by atoms with Gasteiger partial charge in [-0.2, -0.15) is 0 Å². The van der Waals surface area contributed by atoms with E-state index in [9.17, 15) is 0 Å². The topological polar surface area (TPSA) is 26.0 Å². The molecule has 1 nitrogen and oxygen atoms in total. The second-order valence-corrected chi connectivity index (χ2v) is 6.40. The summed E-state index contributed by atoms with van der Waals surface area (Å²) < 4.78 is 1.09. The molecule has 0 amide bonds. The normalized spacial score (nSPS) is 12.3. The Balaban J connectivity index is 1.89. The van der Waals surface area contributed by atoms with Crippen molar-refractivity contribution in [3.8, 4) is 11.1 Å². The summed E-state index contributed by atoms with van der Waals surface area (Å²) in [6.07, 6.45) is 0. The number of hydrogen-bond acceptors (Lipinski definition) is 2. The van der Waals surface area contributed by atoms with Gasteiger partial charge in [-0.05, 0) is 44.1 Å². The molecule has 0 bridgehead atoms. The minimum atomic E-state index is -0.0748. The first-order valence-electron chi connectivity index (χ1n) is 6.39. The first-order chi connectivity index (χ1) is 9.75. The highest BCUT2D eigenvalue weighted by atomic mass is 79.9. The van der Waals surface area contributed by atoms with E-state index >= 15 is 0 Å². The van der Waals surface area contributed by atoms with Crippen molar-refractivity contribution in [1.29, 1.82) is 0 Å². The summed E-state index contributed by atoms with van der Waals surface area (Å²) in [5.74, 6) is 0. The fraction of sp³-hybridized carbons (Fsp3) is 0.0588. The number of halogens is 1. The third-order valence-electron chi connectivity index (χ3n) is 3.30. The van der Waals surface area contributed by atoms with Gasteiger partial charge in [0.2, 0.25) is 0 Å². The Kier molecular flexibility index (Phi) is 4.01. The number of rotatable bonds is 3. The van der Waals surface area contributed by atoms with Crippen LogP contribution in [0.2, 0.25) is 0 Å². The predicted molar refractivity (Wildman–Crippen MR) is 89.9 cm³/mol. The molecule has 2 aromatic carbocycles. The van der Waals surface area contributed by atoms with Crippen molar-refractivity contribution >= 4 is 27.3 Å². The van der Waals surface area contributed by atoms with E-state index in [1.54, 1.807) is 11.3 Å². The second kappa shape index (κ2) is 5.92. The SMILES string of the molecule is NC(c1ccc(-c2ccccc2)cc1)c1sccc1Br. The van der Waals surface area contributed by atoms with Crippen LogP contribution < -0.4 is 5.73 Å². The monoisotopic (exact) mass is 343 g/mol. The van der Waals surface area contributed by atoms with Crippen LogP contribution in [0.1, 0.15) is 16.5 Å². The number of nitrogens with two attached hydrogens (primary N) is 1. The van der Waals surface area contributed by atoms with Gasteiger partial charge in [-0.3, -0.25) is 0 Å². The molecule has 0 aliphatic heterocycles. The fourth-order valence-corrected chi connectivity index (χ4v) is 3.84. The highest BCUT2D eigenvalue weighted by Crippen LogP contribution is 2.32. The van der Waals surface area contributed by atoms with Crippen molar-refractivity contribution in [2.24, 2.45) is 5.73 Å². The van der Waals surface area contributed by atoms with Crippen molar-refractivity contribution in [2.75, 3.05) is 0 Å². The van der Waals surface area contributed by atoms with Crippen LogP contribution in [0.3, 0.4) is 0 Å². The van der Waals surface area contributed by atoms with Crippen LogP contribution in [0.15, 0.2) is 70.5 Å². The average Bonchev–Trinajstić information content (AvgIpc) is 2.94. The van der Waals surface area contributed by atoms with Gasteiger partial charge in [0.1, 0.15) is 0 Å². The van der Waals surface area contributed by atoms with Crippen molar-refractivity contribution < 1.29 is 0 Å². The zero-order chi connectivity index (χ0) is 13.9. The zero-order valence-corrected chi connectivity index (χ0v) is 13.2.